The minimum Gasteiger partial charge on any atom is -0.394 e. The highest BCUT2D eigenvalue weighted by Gasteiger charge is 2.58. The van der Waals surface area contributed by atoms with E-state index in [1.165, 1.54) is 6.92 Å². The normalized spacial score (nSPS) is 51.6. The van der Waals surface area contributed by atoms with Gasteiger partial charge in [-0.25, -0.2) is 9.13 Å². The summed E-state index contributed by atoms with van der Waals surface area (Å²) in [5.41, 5.74) is 5.29. The molecule has 5 heterocycles. The predicted molar refractivity (Wildman–Crippen MR) is 203 cm³/mol. The van der Waals surface area contributed by atoms with Crippen molar-refractivity contribution in [1.82, 2.24) is 0 Å². The van der Waals surface area contributed by atoms with Crippen molar-refractivity contribution < 1.29 is 136 Å². The van der Waals surface area contributed by atoms with Crippen LogP contribution in [0.1, 0.15) is 20.3 Å². The largest absolute Gasteiger partial charge is 0.473 e. The third-order valence-corrected chi connectivity index (χ3v) is 14.1. The number of nitrogens with two attached hydrogens (primary N) is 1. The number of ether oxygens (including phenoxy) is 8. The maximum atomic E-state index is 12.3. The maximum Gasteiger partial charge on any atom is 0.473 e. The van der Waals surface area contributed by atoms with E-state index in [0.717, 1.165) is 0 Å². The molecule has 1 saturated carbocycles. The Morgan fingerprint density at radius 3 is 1.74 bits per heavy atom. The first-order chi connectivity index (χ1) is 30.5. The van der Waals surface area contributed by atoms with Crippen LogP contribution in [0.15, 0.2) is 0 Å². The highest BCUT2D eigenvalue weighted by Crippen LogP contribution is 2.57. The predicted octanol–water partition coefficient (Wildman–Crippen LogP) is -7.70. The molecule has 5 aliphatic heterocycles. The van der Waals surface area contributed by atoms with E-state index in [1.54, 1.807) is 6.92 Å². The number of phosphoric acid groups is 2. The molecule has 5 saturated heterocycles. The second-order valence-corrected chi connectivity index (χ2v) is 19.5. The van der Waals surface area contributed by atoms with Gasteiger partial charge in [0.05, 0.1) is 51.3 Å². The van der Waals surface area contributed by atoms with Crippen molar-refractivity contribution >= 4 is 15.6 Å². The lowest BCUT2D eigenvalue weighted by molar-refractivity contribution is -0.378. The zero-order valence-electron chi connectivity index (χ0n) is 34.8. The average Bonchev–Trinajstić information content (AvgIpc) is 3.61. The van der Waals surface area contributed by atoms with E-state index in [0.29, 0.717) is 0 Å². The summed E-state index contributed by atoms with van der Waals surface area (Å²) in [6.45, 7) is -0.950. The smallest absolute Gasteiger partial charge is 0.394 e. The fourth-order valence-electron chi connectivity index (χ4n) is 8.32. The average molecular weight is 994 g/mol. The number of hydrogen-bond acceptors (Lipinski definition) is 27. The van der Waals surface area contributed by atoms with Gasteiger partial charge in [0.15, 0.2) is 25.2 Å². The third kappa shape index (κ3) is 11.9. The van der Waals surface area contributed by atoms with Crippen LogP contribution in [0.3, 0.4) is 0 Å². The number of aliphatic hydroxyl groups excluding tert-OH is 12. The van der Waals surface area contributed by atoms with Gasteiger partial charge in [0.25, 0.3) is 0 Å². The number of fused-ring (bicyclic) bond motifs is 1. The third-order valence-electron chi connectivity index (χ3n) is 12.1. The molecule has 6 fully saturated rings. The Morgan fingerprint density at radius 1 is 0.600 bits per heavy atom. The molecule has 0 spiro atoms. The summed E-state index contributed by atoms with van der Waals surface area (Å²) >= 11 is 0. The van der Waals surface area contributed by atoms with Crippen LogP contribution < -0.4 is 5.73 Å². The number of hydrogen-bond donors (Lipinski definition) is 15. The minimum atomic E-state index is -4.79. The second-order valence-electron chi connectivity index (χ2n) is 16.7. The summed E-state index contributed by atoms with van der Waals surface area (Å²) in [7, 11) is -9.33. The molecule has 6 aliphatic rings. The van der Waals surface area contributed by atoms with Crippen LogP contribution in [0, 0.1) is 11.8 Å². The Labute approximate surface area is 370 Å². The first kappa shape index (κ1) is 53.7. The zero-order valence-corrected chi connectivity index (χ0v) is 36.6. The van der Waals surface area contributed by atoms with Crippen LogP contribution in [0.2, 0.25) is 0 Å². The molecule has 1 aliphatic carbocycles. The van der Waals surface area contributed by atoms with Crippen molar-refractivity contribution in [1.29, 1.82) is 0 Å². The van der Waals surface area contributed by atoms with Gasteiger partial charge < -0.3 is 115 Å². The quantitative estimate of drug-likeness (QED) is 0.0602. The van der Waals surface area contributed by atoms with Gasteiger partial charge in [0.1, 0.15) is 97.7 Å². The van der Waals surface area contributed by atoms with Crippen LogP contribution in [0.25, 0.3) is 0 Å². The number of phosphoric ester groups is 2. The van der Waals surface area contributed by atoms with Crippen LogP contribution in [-0.4, -0.2) is 252 Å². The molecular formula is C34H61NO28P2. The molecule has 6 rings (SSSR count). The van der Waals surface area contributed by atoms with Crippen LogP contribution >= 0.6 is 15.6 Å². The van der Waals surface area contributed by atoms with E-state index in [2.05, 4.69) is 4.52 Å². The van der Waals surface area contributed by atoms with Gasteiger partial charge in [-0.05, 0) is 12.3 Å². The first-order valence-electron chi connectivity index (χ1n) is 20.8. The van der Waals surface area contributed by atoms with Crippen LogP contribution in [0.4, 0.5) is 0 Å². The Kier molecular flexibility index (Phi) is 18.4. The van der Waals surface area contributed by atoms with Crippen molar-refractivity contribution in [3.63, 3.8) is 0 Å². The second kappa shape index (κ2) is 22.2. The molecule has 0 aromatic heterocycles. The molecule has 65 heavy (non-hydrogen) atoms. The first-order valence-corrected chi connectivity index (χ1v) is 23.8. The zero-order chi connectivity index (χ0) is 47.9. The van der Waals surface area contributed by atoms with Gasteiger partial charge in [-0.3, -0.25) is 18.1 Å². The SMILES string of the molecule is CC1[C@@H](OC2C[C@H](C)C(O)[C@@H]3OP(=O)(O)O[C@@H]23)OC(CO)[C@@H](O[C@H]2OC(CO[C@H]3OC(COP(=O)(O)OCCN)[C@@H](O)[C@H](O)C3O[C@H]3OC(CO)[C@@H](O)[C@H](O)C3O)[C@@H](O)[C@H](O)C2O)[C@@H]1O. The van der Waals surface area contributed by atoms with Crippen molar-refractivity contribution in [2.24, 2.45) is 17.6 Å². The molecule has 380 valence electrons. The molecule has 0 radical (unpaired) electrons. The summed E-state index contributed by atoms with van der Waals surface area (Å²) in [5, 5.41) is 128. The van der Waals surface area contributed by atoms with Gasteiger partial charge in [0.2, 0.25) is 0 Å². The lowest BCUT2D eigenvalue weighted by Gasteiger charge is -2.48. The lowest BCUT2D eigenvalue weighted by atomic mass is 9.81. The summed E-state index contributed by atoms with van der Waals surface area (Å²) in [4.78, 5) is 20.0. The number of rotatable bonds is 17. The molecule has 29 nitrogen and oxygen atoms in total. The molecular weight excluding hydrogens is 932 g/mol. The van der Waals surface area contributed by atoms with Gasteiger partial charge in [-0.1, -0.05) is 13.8 Å². The standard InChI is InChI=1S/C34H61NO28P2/c1-10-5-12(28-29(17(10)38)63-65(50,51)62-28)55-31-11(2)18(39)27(14(7-37)57-31)60-33-26(47)23(44)20(41)15(58-33)8-52-34-30(61-32-25(46)22(43)19(40)13(6-36)56-32)24(45)21(42)16(59-34)9-54-64(48,49)53-4-3-35/h10-34,36-47H,3-9,35H2,1-2H3,(H,48,49)(H,50,51)/t10-,11?,12?,13?,14?,15?,16?,17?,18+,19+,20+,21+,22-,23-,24-,25?,26?,27+,28-,29-,30?,31-,32+,33+,34-/m0/s1. The Bertz CT molecular complexity index is 1620. The fourth-order valence-corrected chi connectivity index (χ4v) is 10.2. The van der Waals surface area contributed by atoms with E-state index in [4.69, 9.17) is 57.2 Å². The van der Waals surface area contributed by atoms with E-state index >= 15 is 0 Å². The summed E-state index contributed by atoms with van der Waals surface area (Å²) < 4.78 is 90.6. The van der Waals surface area contributed by atoms with Gasteiger partial charge in [-0.15, -0.1) is 0 Å². The molecule has 12 unspecified atom stereocenters. The topological polar surface area (TPSA) is 454 Å². The van der Waals surface area contributed by atoms with E-state index < -0.39 is 202 Å². The highest BCUT2D eigenvalue weighted by molar-refractivity contribution is 7.47. The number of aliphatic hydroxyl groups is 12. The summed E-state index contributed by atoms with van der Waals surface area (Å²) in [6, 6.07) is 0. The van der Waals surface area contributed by atoms with Crippen molar-refractivity contribution in [3.8, 4) is 0 Å². The summed E-state index contributed by atoms with van der Waals surface area (Å²) in [5.74, 6) is -1.50. The Morgan fingerprint density at radius 2 is 1.12 bits per heavy atom. The van der Waals surface area contributed by atoms with Gasteiger partial charge in [-0.2, -0.15) is 0 Å². The van der Waals surface area contributed by atoms with Crippen LogP contribution in [-0.2, 0) is 65.1 Å². The van der Waals surface area contributed by atoms with Gasteiger partial charge >= 0.3 is 15.6 Å². The molecule has 31 heteroatoms. The van der Waals surface area contributed by atoms with E-state index in [-0.39, 0.29) is 13.0 Å². The Hall–Kier alpha value is -0.620. The molecule has 0 aromatic rings. The van der Waals surface area contributed by atoms with Crippen molar-refractivity contribution in [2.75, 3.05) is 39.6 Å². The highest BCUT2D eigenvalue weighted by atomic mass is 31.2. The van der Waals surface area contributed by atoms with E-state index in [9.17, 15) is 80.2 Å². The Balaban J connectivity index is 1.15. The van der Waals surface area contributed by atoms with Gasteiger partial charge in [0, 0.05) is 12.5 Å². The summed E-state index contributed by atoms with van der Waals surface area (Å²) in [6.07, 6.45) is -38.9. The molecule has 0 amide bonds. The molecule has 27 atom stereocenters. The fraction of sp³-hybridized carbons (Fsp3) is 1.00. The monoisotopic (exact) mass is 993 g/mol. The molecule has 16 N–H and O–H groups in total. The van der Waals surface area contributed by atoms with Crippen molar-refractivity contribution in [2.45, 2.75) is 161 Å². The lowest BCUT2D eigenvalue weighted by Crippen LogP contribution is -2.65. The van der Waals surface area contributed by atoms with Crippen molar-refractivity contribution in [3.05, 3.63) is 0 Å². The minimum absolute atomic E-state index is 0.110. The van der Waals surface area contributed by atoms with Crippen LogP contribution in [0.5, 0.6) is 0 Å². The van der Waals surface area contributed by atoms with E-state index in [1.807, 2.05) is 0 Å². The maximum absolute atomic E-state index is 12.3. The molecule has 0 aromatic carbocycles. The molecule has 0 bridgehead atoms.